The zero-order valence-corrected chi connectivity index (χ0v) is 17.0. The molecule has 0 aliphatic carbocycles. The van der Waals surface area contributed by atoms with Crippen molar-refractivity contribution < 1.29 is 9.59 Å². The van der Waals surface area contributed by atoms with Gasteiger partial charge in [-0.1, -0.05) is 42.5 Å². The third-order valence-corrected chi connectivity index (χ3v) is 4.98. The van der Waals surface area contributed by atoms with Crippen molar-refractivity contribution in [3.63, 3.8) is 0 Å². The Morgan fingerprint density at radius 1 is 1.00 bits per heavy atom. The topological polar surface area (TPSA) is 62.3 Å². The Labute approximate surface area is 171 Å². The molecule has 148 valence electrons. The summed E-state index contributed by atoms with van der Waals surface area (Å²) < 4.78 is 0. The van der Waals surface area contributed by atoms with Crippen LogP contribution in [0.1, 0.15) is 44.5 Å². The number of carbonyl (C=O) groups is 2. The summed E-state index contributed by atoms with van der Waals surface area (Å²) in [6.07, 6.45) is 1.50. The van der Waals surface area contributed by atoms with E-state index in [1.807, 2.05) is 69.3 Å². The van der Waals surface area contributed by atoms with Crippen molar-refractivity contribution in [2.75, 3.05) is 11.9 Å². The van der Waals surface area contributed by atoms with Gasteiger partial charge < -0.3 is 10.2 Å². The number of aromatic nitrogens is 1. The molecule has 2 aromatic carbocycles. The fraction of sp³-hybridized carbons (Fsp3) is 0.208. The highest BCUT2D eigenvalue weighted by molar-refractivity contribution is 6.05. The molecular weight excluding hydrogens is 362 g/mol. The van der Waals surface area contributed by atoms with Crippen molar-refractivity contribution in [3.05, 3.63) is 94.8 Å². The van der Waals surface area contributed by atoms with Gasteiger partial charge in [0.15, 0.2) is 0 Å². The van der Waals surface area contributed by atoms with E-state index in [0.717, 1.165) is 22.4 Å². The molecule has 3 rings (SSSR count). The molecule has 5 heteroatoms. The molecule has 29 heavy (non-hydrogen) atoms. The van der Waals surface area contributed by atoms with Crippen LogP contribution in [0.3, 0.4) is 0 Å². The number of rotatable bonds is 6. The Bertz CT molecular complexity index is 1020. The number of pyridine rings is 1. The Morgan fingerprint density at radius 2 is 1.76 bits per heavy atom. The highest BCUT2D eigenvalue weighted by Crippen LogP contribution is 2.19. The molecule has 0 radical (unpaired) electrons. The van der Waals surface area contributed by atoms with Gasteiger partial charge in [0.1, 0.15) is 5.69 Å². The van der Waals surface area contributed by atoms with E-state index in [1.165, 1.54) is 6.20 Å². The first-order chi connectivity index (χ1) is 14.0. The minimum absolute atomic E-state index is 0.125. The lowest BCUT2D eigenvalue weighted by Crippen LogP contribution is -2.30. The average Bonchev–Trinajstić information content (AvgIpc) is 2.75. The molecule has 0 unspecified atom stereocenters. The molecule has 1 heterocycles. The van der Waals surface area contributed by atoms with E-state index < -0.39 is 0 Å². The van der Waals surface area contributed by atoms with Gasteiger partial charge in [0.25, 0.3) is 11.8 Å². The summed E-state index contributed by atoms with van der Waals surface area (Å²) in [7, 11) is 0. The van der Waals surface area contributed by atoms with Crippen molar-refractivity contribution in [1.29, 1.82) is 0 Å². The summed E-state index contributed by atoms with van der Waals surface area (Å²) in [4.78, 5) is 31.6. The van der Waals surface area contributed by atoms with Crippen molar-refractivity contribution in [2.45, 2.75) is 27.3 Å². The van der Waals surface area contributed by atoms with Gasteiger partial charge in [-0.2, -0.15) is 0 Å². The van der Waals surface area contributed by atoms with E-state index in [0.29, 0.717) is 18.7 Å². The zero-order valence-electron chi connectivity index (χ0n) is 17.0. The Hall–Kier alpha value is -3.47. The van der Waals surface area contributed by atoms with E-state index >= 15 is 0 Å². The van der Waals surface area contributed by atoms with E-state index in [2.05, 4.69) is 10.3 Å². The Kier molecular flexibility index (Phi) is 6.39. The number of hydrogen-bond acceptors (Lipinski definition) is 3. The molecule has 0 saturated heterocycles. The normalized spacial score (nSPS) is 10.4. The summed E-state index contributed by atoms with van der Waals surface area (Å²) in [5.74, 6) is -0.459. The summed E-state index contributed by atoms with van der Waals surface area (Å²) in [6, 6.07) is 18.8. The number of aryl methyl sites for hydroxylation is 1. The highest BCUT2D eigenvalue weighted by atomic mass is 16.2. The lowest BCUT2D eigenvalue weighted by Gasteiger charge is -2.21. The number of nitrogens with one attached hydrogen (secondary N) is 1. The smallest absolute Gasteiger partial charge is 0.274 e. The zero-order chi connectivity index (χ0) is 20.8. The van der Waals surface area contributed by atoms with Gasteiger partial charge in [0.05, 0.1) is 0 Å². The maximum atomic E-state index is 13.0. The SMILES string of the molecule is CCN(Cc1ccccc1)C(=O)c1ccnc(C(=O)Nc2cccc(C)c2C)c1. The molecule has 0 aliphatic heterocycles. The molecule has 0 aliphatic rings. The summed E-state index contributed by atoms with van der Waals surface area (Å²) in [5.41, 5.74) is 4.57. The van der Waals surface area contributed by atoms with Gasteiger partial charge in [-0.15, -0.1) is 0 Å². The summed E-state index contributed by atoms with van der Waals surface area (Å²) in [5, 5.41) is 2.89. The van der Waals surface area contributed by atoms with Gasteiger partial charge in [0.2, 0.25) is 0 Å². The summed E-state index contributed by atoms with van der Waals surface area (Å²) in [6.45, 7) is 6.98. The van der Waals surface area contributed by atoms with Crippen LogP contribution in [-0.4, -0.2) is 28.2 Å². The average molecular weight is 387 g/mol. The Balaban J connectivity index is 1.78. The number of hydrogen-bond donors (Lipinski definition) is 1. The molecule has 1 aromatic heterocycles. The van der Waals surface area contributed by atoms with E-state index in [-0.39, 0.29) is 17.5 Å². The second-order valence-corrected chi connectivity index (χ2v) is 6.94. The molecule has 2 amide bonds. The van der Waals surface area contributed by atoms with E-state index in [1.54, 1.807) is 17.0 Å². The van der Waals surface area contributed by atoms with Gasteiger partial charge in [-0.25, -0.2) is 0 Å². The Morgan fingerprint density at radius 3 is 2.48 bits per heavy atom. The first-order valence-electron chi connectivity index (χ1n) is 9.66. The fourth-order valence-corrected chi connectivity index (χ4v) is 3.07. The van der Waals surface area contributed by atoms with Gasteiger partial charge in [0, 0.05) is 30.5 Å². The van der Waals surface area contributed by atoms with Gasteiger partial charge in [-0.05, 0) is 55.7 Å². The standard InChI is InChI=1S/C24H25N3O2/c1-4-27(16-19-10-6-5-7-11-19)24(29)20-13-14-25-22(15-20)23(28)26-21-12-8-9-17(2)18(21)3/h5-15H,4,16H2,1-3H3,(H,26,28). The maximum absolute atomic E-state index is 13.0. The molecule has 0 saturated carbocycles. The van der Waals surface area contributed by atoms with Crippen molar-refractivity contribution >= 4 is 17.5 Å². The predicted molar refractivity (Wildman–Crippen MR) is 115 cm³/mol. The van der Waals surface area contributed by atoms with Crippen molar-refractivity contribution in [2.24, 2.45) is 0 Å². The molecule has 0 bridgehead atoms. The monoisotopic (exact) mass is 387 g/mol. The number of benzene rings is 2. The molecule has 0 spiro atoms. The fourth-order valence-electron chi connectivity index (χ4n) is 3.07. The number of nitrogens with zero attached hydrogens (tertiary/aromatic N) is 2. The molecule has 1 N–H and O–H groups in total. The van der Waals surface area contributed by atoms with Crippen LogP contribution >= 0.6 is 0 Å². The van der Waals surface area contributed by atoms with Crippen LogP contribution in [0.2, 0.25) is 0 Å². The van der Waals surface area contributed by atoms with Crippen molar-refractivity contribution in [3.8, 4) is 0 Å². The number of anilines is 1. The van der Waals surface area contributed by atoms with E-state index in [9.17, 15) is 9.59 Å². The van der Waals surface area contributed by atoms with Crippen LogP contribution in [0.15, 0.2) is 66.9 Å². The van der Waals surface area contributed by atoms with Crippen LogP contribution in [0.5, 0.6) is 0 Å². The van der Waals surface area contributed by atoms with Gasteiger partial charge in [-0.3, -0.25) is 14.6 Å². The largest absolute Gasteiger partial charge is 0.335 e. The molecule has 0 atom stereocenters. The lowest BCUT2D eigenvalue weighted by molar-refractivity contribution is 0.0752. The number of amides is 2. The van der Waals surface area contributed by atoms with Crippen LogP contribution in [0, 0.1) is 13.8 Å². The first-order valence-corrected chi connectivity index (χ1v) is 9.66. The second-order valence-electron chi connectivity index (χ2n) is 6.94. The molecule has 3 aromatic rings. The minimum Gasteiger partial charge on any atom is -0.335 e. The highest BCUT2D eigenvalue weighted by Gasteiger charge is 2.17. The first kappa shape index (κ1) is 20.3. The van der Waals surface area contributed by atoms with Crippen molar-refractivity contribution in [1.82, 2.24) is 9.88 Å². The third kappa shape index (κ3) is 4.88. The molecule has 5 nitrogen and oxygen atoms in total. The third-order valence-electron chi connectivity index (χ3n) is 4.98. The minimum atomic E-state index is -0.334. The van der Waals surface area contributed by atoms with Crippen LogP contribution in [-0.2, 0) is 6.54 Å². The van der Waals surface area contributed by atoms with Crippen LogP contribution in [0.4, 0.5) is 5.69 Å². The molecule has 0 fully saturated rings. The maximum Gasteiger partial charge on any atom is 0.274 e. The van der Waals surface area contributed by atoms with Gasteiger partial charge >= 0.3 is 0 Å². The second kappa shape index (κ2) is 9.15. The van der Waals surface area contributed by atoms with E-state index in [4.69, 9.17) is 0 Å². The number of carbonyl (C=O) groups excluding carboxylic acids is 2. The van der Waals surface area contributed by atoms with Crippen LogP contribution in [0.25, 0.3) is 0 Å². The predicted octanol–water partition coefficient (Wildman–Crippen LogP) is 4.61. The quantitative estimate of drug-likeness (QED) is 0.672. The molecular formula is C24H25N3O2. The van der Waals surface area contributed by atoms with Crippen LogP contribution < -0.4 is 5.32 Å². The summed E-state index contributed by atoms with van der Waals surface area (Å²) >= 11 is 0. The lowest BCUT2D eigenvalue weighted by atomic mass is 10.1.